The summed E-state index contributed by atoms with van der Waals surface area (Å²) < 4.78 is 12.8. The number of aliphatic imine (C=N–C) groups is 1. The van der Waals surface area contributed by atoms with Crippen molar-refractivity contribution >= 4 is 30.5 Å². The Bertz CT molecular complexity index is 1070. The van der Waals surface area contributed by atoms with E-state index in [1.165, 1.54) is 7.11 Å². The number of aromatic nitrogens is 2. The predicted molar refractivity (Wildman–Crippen MR) is 123 cm³/mol. The van der Waals surface area contributed by atoms with Crippen LogP contribution in [0.4, 0.5) is 0 Å². The first-order chi connectivity index (χ1) is 15.6. The fourth-order valence-electron chi connectivity index (χ4n) is 4.51. The number of hydrogen-bond acceptors (Lipinski definition) is 7. The molecule has 2 saturated heterocycles. The number of carbonyl (C=O) groups is 1. The van der Waals surface area contributed by atoms with E-state index < -0.39 is 0 Å². The molecule has 32 heavy (non-hydrogen) atoms. The first kappa shape index (κ1) is 21.2. The smallest absolute Gasteiger partial charge is 0.337 e. The fourth-order valence-corrected chi connectivity index (χ4v) is 4.51. The van der Waals surface area contributed by atoms with E-state index in [9.17, 15) is 4.79 Å². The molecule has 0 spiro atoms. The van der Waals surface area contributed by atoms with Crippen LogP contribution in [-0.2, 0) is 22.6 Å². The van der Waals surface area contributed by atoms with Crippen molar-refractivity contribution < 1.29 is 14.3 Å². The Labute approximate surface area is 189 Å². The molecule has 2 aromatic rings. The first-order valence-corrected chi connectivity index (χ1v) is 11.3. The highest BCUT2D eigenvalue weighted by molar-refractivity contribution is 6.59. The van der Waals surface area contributed by atoms with Gasteiger partial charge in [-0.1, -0.05) is 0 Å². The molecule has 1 aromatic carbocycles. The summed E-state index contributed by atoms with van der Waals surface area (Å²) in [6.45, 7) is 6.02. The van der Waals surface area contributed by atoms with Gasteiger partial charge >= 0.3 is 5.97 Å². The number of carbonyl (C=O) groups excluding carboxylic acids is 1. The van der Waals surface area contributed by atoms with Gasteiger partial charge in [-0.25, -0.2) is 9.78 Å². The van der Waals surface area contributed by atoms with Gasteiger partial charge in [-0.05, 0) is 49.1 Å². The van der Waals surface area contributed by atoms with Crippen molar-refractivity contribution in [1.29, 1.82) is 0 Å². The van der Waals surface area contributed by atoms with Crippen molar-refractivity contribution in [3.8, 4) is 0 Å². The molecular formula is C23H28BN5O3. The fraction of sp³-hybridized carbons (Fsp3) is 0.522. The van der Waals surface area contributed by atoms with Gasteiger partial charge in [-0.15, -0.1) is 0 Å². The summed E-state index contributed by atoms with van der Waals surface area (Å²) in [5.41, 5.74) is 3.11. The van der Waals surface area contributed by atoms with E-state index in [1.54, 1.807) is 6.07 Å². The highest BCUT2D eigenvalue weighted by atomic mass is 16.5. The van der Waals surface area contributed by atoms with Crippen LogP contribution in [0.25, 0.3) is 11.0 Å². The molecular weight excluding hydrogens is 405 g/mol. The number of piperazine rings is 1. The number of nitrogens with zero attached hydrogens (tertiary/aromatic N) is 5. The summed E-state index contributed by atoms with van der Waals surface area (Å²) in [5, 5.41) is 0. The van der Waals surface area contributed by atoms with E-state index in [0.29, 0.717) is 5.56 Å². The Hall–Kier alpha value is -2.65. The number of methoxy groups -OCH3 is 1. The summed E-state index contributed by atoms with van der Waals surface area (Å²) in [6, 6.07) is 5.56. The molecule has 2 fully saturated rings. The molecule has 4 heterocycles. The van der Waals surface area contributed by atoms with Gasteiger partial charge in [-0.2, -0.15) is 0 Å². The van der Waals surface area contributed by atoms with Crippen LogP contribution in [-0.4, -0.2) is 84.8 Å². The number of hydrogen-bond donors (Lipinski definition) is 0. The number of fused-ring (bicyclic) bond motifs is 1. The van der Waals surface area contributed by atoms with Gasteiger partial charge < -0.3 is 18.9 Å². The zero-order valence-corrected chi connectivity index (χ0v) is 18.5. The van der Waals surface area contributed by atoms with Crippen LogP contribution in [0, 0.1) is 0 Å². The summed E-state index contributed by atoms with van der Waals surface area (Å²) in [5.74, 6) is 1.68. The Kier molecular flexibility index (Phi) is 6.02. The van der Waals surface area contributed by atoms with Crippen molar-refractivity contribution in [3.63, 3.8) is 0 Å². The lowest BCUT2D eigenvalue weighted by molar-refractivity contribution is -0.0592. The van der Waals surface area contributed by atoms with Crippen molar-refractivity contribution in [2.75, 3.05) is 39.9 Å². The quantitative estimate of drug-likeness (QED) is 0.512. The number of rotatable bonds is 6. The van der Waals surface area contributed by atoms with E-state index in [2.05, 4.69) is 25.4 Å². The van der Waals surface area contributed by atoms with Crippen molar-refractivity contribution in [1.82, 2.24) is 19.4 Å². The van der Waals surface area contributed by atoms with Gasteiger partial charge in [0.15, 0.2) is 0 Å². The third-order valence-corrected chi connectivity index (χ3v) is 6.47. The molecule has 3 aliphatic rings. The average Bonchev–Trinajstić information content (AvgIpc) is 3.12. The second kappa shape index (κ2) is 9.07. The first-order valence-electron chi connectivity index (χ1n) is 11.3. The maximum absolute atomic E-state index is 12.1. The lowest BCUT2D eigenvalue weighted by Crippen LogP contribution is -2.45. The van der Waals surface area contributed by atoms with E-state index in [0.717, 1.165) is 93.4 Å². The van der Waals surface area contributed by atoms with Crippen molar-refractivity contribution in [2.24, 2.45) is 4.99 Å². The lowest BCUT2D eigenvalue weighted by atomic mass is 9.94. The minimum atomic E-state index is -0.336. The predicted octanol–water partition coefficient (Wildman–Crippen LogP) is 1.93. The van der Waals surface area contributed by atoms with E-state index in [1.807, 2.05) is 12.1 Å². The molecule has 2 radical (unpaired) electrons. The van der Waals surface area contributed by atoms with Crippen LogP contribution in [0.5, 0.6) is 0 Å². The molecule has 9 heteroatoms. The molecule has 1 unspecified atom stereocenters. The molecule has 1 atom stereocenters. The standard InChI is InChI=1S/C23H28BN5O3/c1-31-23(30)16-5-6-18-19(13-16)29(14-17-7-12-32-17)22(25-18)15-27-8-10-28(11-9-27)21-4-2-3-20(24)26-21/h4-6,13,17H,2-3,7-12,14-15H2,1H3. The zero-order valence-electron chi connectivity index (χ0n) is 18.5. The Morgan fingerprint density at radius 1 is 1.28 bits per heavy atom. The monoisotopic (exact) mass is 433 g/mol. The summed E-state index contributed by atoms with van der Waals surface area (Å²) in [6.07, 6.45) is 5.25. The van der Waals surface area contributed by atoms with Crippen molar-refractivity contribution in [2.45, 2.75) is 38.5 Å². The molecule has 8 nitrogen and oxygen atoms in total. The van der Waals surface area contributed by atoms with E-state index in [-0.39, 0.29) is 12.1 Å². The molecule has 0 saturated carbocycles. The highest BCUT2D eigenvalue weighted by Crippen LogP contribution is 2.24. The second-order valence-electron chi connectivity index (χ2n) is 8.58. The maximum atomic E-state index is 12.1. The highest BCUT2D eigenvalue weighted by Gasteiger charge is 2.25. The molecule has 0 N–H and O–H groups in total. The average molecular weight is 433 g/mol. The molecule has 0 amide bonds. The Balaban J connectivity index is 1.34. The van der Waals surface area contributed by atoms with Crippen LogP contribution >= 0.6 is 0 Å². The normalized spacial score (nSPS) is 21.8. The van der Waals surface area contributed by atoms with Crippen LogP contribution in [0.2, 0.25) is 0 Å². The van der Waals surface area contributed by atoms with Crippen LogP contribution in [0.15, 0.2) is 35.1 Å². The van der Waals surface area contributed by atoms with Crippen LogP contribution in [0.3, 0.4) is 0 Å². The van der Waals surface area contributed by atoms with E-state index >= 15 is 0 Å². The number of esters is 1. The topological polar surface area (TPSA) is 72.2 Å². The van der Waals surface area contributed by atoms with Gasteiger partial charge in [0, 0.05) is 32.8 Å². The third-order valence-electron chi connectivity index (χ3n) is 6.47. The summed E-state index contributed by atoms with van der Waals surface area (Å²) in [4.78, 5) is 26.2. The minimum absolute atomic E-state index is 0.200. The minimum Gasteiger partial charge on any atom is -0.465 e. The van der Waals surface area contributed by atoms with Gasteiger partial charge in [0.1, 0.15) is 19.5 Å². The zero-order chi connectivity index (χ0) is 22.1. The number of allylic oxidation sites excluding steroid dienone is 1. The van der Waals surface area contributed by atoms with Gasteiger partial charge in [0.25, 0.3) is 0 Å². The molecule has 3 aliphatic heterocycles. The van der Waals surface area contributed by atoms with Crippen molar-refractivity contribution in [3.05, 3.63) is 41.5 Å². The SMILES string of the molecule is [B]C1=NC(N2CCN(Cc3nc4ccc(C(=O)OC)cc4n3CC3CCO3)CC2)=CCC1. The summed E-state index contributed by atoms with van der Waals surface area (Å²) in [7, 11) is 7.33. The molecule has 1 aromatic heterocycles. The van der Waals surface area contributed by atoms with E-state index in [4.69, 9.17) is 22.3 Å². The second-order valence-corrected chi connectivity index (χ2v) is 8.58. The van der Waals surface area contributed by atoms with Gasteiger partial charge in [-0.3, -0.25) is 9.89 Å². The summed E-state index contributed by atoms with van der Waals surface area (Å²) >= 11 is 0. The van der Waals surface area contributed by atoms with Crippen LogP contribution in [0.1, 0.15) is 35.4 Å². The van der Waals surface area contributed by atoms with Gasteiger partial charge in [0.2, 0.25) is 0 Å². The van der Waals surface area contributed by atoms with Crippen LogP contribution < -0.4 is 0 Å². The number of benzene rings is 1. The van der Waals surface area contributed by atoms with Gasteiger partial charge in [0.05, 0.1) is 42.9 Å². The number of ether oxygens (including phenoxy) is 2. The third kappa shape index (κ3) is 4.32. The largest absolute Gasteiger partial charge is 0.465 e. The Morgan fingerprint density at radius 2 is 2.09 bits per heavy atom. The molecule has 5 rings (SSSR count). The molecule has 166 valence electrons. The Morgan fingerprint density at radius 3 is 2.78 bits per heavy atom. The molecule has 0 bridgehead atoms. The number of imidazole rings is 1. The molecule has 0 aliphatic carbocycles. The lowest BCUT2D eigenvalue weighted by Gasteiger charge is -2.36. The maximum Gasteiger partial charge on any atom is 0.337 e.